The third kappa shape index (κ3) is 3.28. The molecule has 0 saturated carbocycles. The second-order valence-electron chi connectivity index (χ2n) is 4.06. The number of thioether (sulfide) groups is 1. The van der Waals surface area contributed by atoms with Gasteiger partial charge in [0.15, 0.2) is 0 Å². The average Bonchev–Trinajstić information content (AvgIpc) is 2.15. The molecule has 3 N–H and O–H groups in total. The van der Waals surface area contributed by atoms with Crippen molar-refractivity contribution in [2.75, 3.05) is 25.1 Å². The van der Waals surface area contributed by atoms with Gasteiger partial charge in [-0.15, -0.1) is 0 Å². The van der Waals surface area contributed by atoms with Crippen LogP contribution in [0.2, 0.25) is 0 Å². The minimum atomic E-state index is 0.276. The minimum Gasteiger partial charge on any atom is -0.300 e. The van der Waals surface area contributed by atoms with Crippen molar-refractivity contribution in [3.05, 3.63) is 11.6 Å². The summed E-state index contributed by atoms with van der Waals surface area (Å²) in [7, 11) is 2.17. The molecule has 0 amide bonds. The van der Waals surface area contributed by atoms with Gasteiger partial charge in [0.25, 0.3) is 0 Å². The Morgan fingerprint density at radius 1 is 1.64 bits per heavy atom. The van der Waals surface area contributed by atoms with E-state index < -0.39 is 0 Å². The molecule has 0 spiro atoms. The highest BCUT2D eigenvalue weighted by molar-refractivity contribution is 7.99. The standard InChI is InChI=1S/C10H21N3S/c1-8(2)6-9(12-11)10-7-14-5-4-13(10)3/h6,9-10,12H,4-5,7,11H2,1-3H3. The number of hydrogen-bond donors (Lipinski definition) is 2. The van der Waals surface area contributed by atoms with Gasteiger partial charge in [-0.1, -0.05) is 11.6 Å². The fourth-order valence-corrected chi connectivity index (χ4v) is 3.00. The Morgan fingerprint density at radius 2 is 2.36 bits per heavy atom. The Labute approximate surface area is 91.1 Å². The number of rotatable bonds is 3. The lowest BCUT2D eigenvalue weighted by atomic mass is 10.1. The normalized spacial score (nSPS) is 25.9. The van der Waals surface area contributed by atoms with Crippen LogP contribution in [0.4, 0.5) is 0 Å². The number of hydrogen-bond acceptors (Lipinski definition) is 4. The zero-order valence-corrected chi connectivity index (χ0v) is 10.1. The van der Waals surface area contributed by atoms with E-state index in [0.29, 0.717) is 6.04 Å². The molecule has 4 heteroatoms. The molecule has 1 aliphatic heterocycles. The summed E-state index contributed by atoms with van der Waals surface area (Å²) in [6.45, 7) is 5.38. The number of hydrazine groups is 1. The molecule has 1 heterocycles. The van der Waals surface area contributed by atoms with Gasteiger partial charge in [0.2, 0.25) is 0 Å². The maximum atomic E-state index is 5.58. The van der Waals surface area contributed by atoms with Crippen LogP contribution < -0.4 is 11.3 Å². The second-order valence-corrected chi connectivity index (χ2v) is 5.21. The molecule has 1 rings (SSSR count). The Hall–Kier alpha value is -0.0300. The molecule has 1 saturated heterocycles. The van der Waals surface area contributed by atoms with Crippen LogP contribution in [0.5, 0.6) is 0 Å². The maximum absolute atomic E-state index is 5.58. The second kappa shape index (κ2) is 5.75. The summed E-state index contributed by atoms with van der Waals surface area (Å²) in [5, 5.41) is 0. The van der Waals surface area contributed by atoms with Crippen LogP contribution in [0.25, 0.3) is 0 Å². The van der Waals surface area contributed by atoms with Gasteiger partial charge >= 0.3 is 0 Å². The highest BCUT2D eigenvalue weighted by Gasteiger charge is 2.25. The van der Waals surface area contributed by atoms with E-state index in [9.17, 15) is 0 Å². The molecular weight excluding hydrogens is 194 g/mol. The number of nitrogens with zero attached hydrogens (tertiary/aromatic N) is 1. The molecule has 0 aromatic rings. The summed E-state index contributed by atoms with van der Waals surface area (Å²) in [5.74, 6) is 7.98. The van der Waals surface area contributed by atoms with E-state index in [-0.39, 0.29) is 6.04 Å². The van der Waals surface area contributed by atoms with Crippen molar-refractivity contribution in [3.8, 4) is 0 Å². The van der Waals surface area contributed by atoms with Gasteiger partial charge in [-0.2, -0.15) is 11.8 Å². The number of nitrogens with two attached hydrogens (primary N) is 1. The first-order chi connectivity index (χ1) is 6.65. The molecule has 82 valence electrons. The summed E-state index contributed by atoms with van der Waals surface area (Å²) in [5.41, 5.74) is 4.22. The Bertz CT molecular complexity index is 202. The van der Waals surface area contributed by atoms with E-state index in [1.165, 1.54) is 11.3 Å². The van der Waals surface area contributed by atoms with Crippen molar-refractivity contribution in [2.45, 2.75) is 25.9 Å². The highest BCUT2D eigenvalue weighted by atomic mass is 32.2. The molecule has 1 fully saturated rings. The molecule has 0 radical (unpaired) electrons. The van der Waals surface area contributed by atoms with Gasteiger partial charge in [-0.25, -0.2) is 0 Å². The molecule has 0 aromatic heterocycles. The minimum absolute atomic E-state index is 0.276. The van der Waals surface area contributed by atoms with Crippen molar-refractivity contribution < 1.29 is 0 Å². The van der Waals surface area contributed by atoms with E-state index in [2.05, 4.69) is 37.3 Å². The summed E-state index contributed by atoms with van der Waals surface area (Å²) in [6.07, 6.45) is 2.22. The molecule has 0 aliphatic carbocycles. The topological polar surface area (TPSA) is 41.3 Å². The van der Waals surface area contributed by atoms with Crippen molar-refractivity contribution >= 4 is 11.8 Å². The summed E-state index contributed by atoms with van der Waals surface area (Å²) in [6, 6.07) is 0.798. The third-order valence-corrected chi connectivity index (χ3v) is 3.61. The molecule has 2 atom stereocenters. The molecule has 0 aromatic carbocycles. The summed E-state index contributed by atoms with van der Waals surface area (Å²) in [4.78, 5) is 2.39. The van der Waals surface area contributed by atoms with Gasteiger partial charge < -0.3 is 0 Å². The van der Waals surface area contributed by atoms with Gasteiger partial charge in [0, 0.05) is 24.1 Å². The van der Waals surface area contributed by atoms with Crippen LogP contribution >= 0.6 is 11.8 Å². The smallest absolute Gasteiger partial charge is 0.0556 e. The van der Waals surface area contributed by atoms with E-state index >= 15 is 0 Å². The van der Waals surface area contributed by atoms with Crippen molar-refractivity contribution in [1.29, 1.82) is 0 Å². The van der Waals surface area contributed by atoms with Crippen LogP contribution in [0.1, 0.15) is 13.8 Å². The van der Waals surface area contributed by atoms with E-state index in [0.717, 1.165) is 12.3 Å². The number of nitrogens with one attached hydrogen (secondary N) is 1. The third-order valence-electron chi connectivity index (χ3n) is 2.56. The molecule has 1 aliphatic rings. The Morgan fingerprint density at radius 3 is 2.86 bits per heavy atom. The summed E-state index contributed by atoms with van der Waals surface area (Å²) < 4.78 is 0. The molecular formula is C10H21N3S. The van der Waals surface area contributed by atoms with Crippen LogP contribution in [-0.4, -0.2) is 42.1 Å². The van der Waals surface area contributed by atoms with Crippen LogP contribution in [-0.2, 0) is 0 Å². The number of likely N-dealkylation sites (N-methyl/N-ethyl adjacent to an activating group) is 1. The molecule has 0 bridgehead atoms. The van der Waals surface area contributed by atoms with Crippen molar-refractivity contribution in [1.82, 2.24) is 10.3 Å². The fraction of sp³-hybridized carbons (Fsp3) is 0.800. The van der Waals surface area contributed by atoms with Gasteiger partial charge in [-0.05, 0) is 20.9 Å². The first kappa shape index (κ1) is 12.0. The van der Waals surface area contributed by atoms with E-state index in [1.807, 2.05) is 11.8 Å². The zero-order valence-electron chi connectivity index (χ0n) is 9.29. The fourth-order valence-electron chi connectivity index (χ4n) is 1.71. The Kier molecular flexibility index (Phi) is 4.95. The lowest BCUT2D eigenvalue weighted by molar-refractivity contribution is 0.235. The van der Waals surface area contributed by atoms with Gasteiger partial charge in [0.1, 0.15) is 0 Å². The predicted octanol–water partition coefficient (Wildman–Crippen LogP) is 0.832. The van der Waals surface area contributed by atoms with Crippen LogP contribution in [0, 0.1) is 0 Å². The molecule has 2 unspecified atom stereocenters. The summed E-state index contributed by atoms with van der Waals surface area (Å²) >= 11 is 2.01. The largest absolute Gasteiger partial charge is 0.300 e. The van der Waals surface area contributed by atoms with Crippen LogP contribution in [0.15, 0.2) is 11.6 Å². The van der Waals surface area contributed by atoms with Crippen molar-refractivity contribution in [3.63, 3.8) is 0 Å². The first-order valence-electron chi connectivity index (χ1n) is 5.04. The number of allylic oxidation sites excluding steroid dienone is 1. The lowest BCUT2D eigenvalue weighted by Crippen LogP contribution is -2.53. The lowest BCUT2D eigenvalue weighted by Gasteiger charge is -2.36. The maximum Gasteiger partial charge on any atom is 0.0556 e. The van der Waals surface area contributed by atoms with E-state index in [4.69, 9.17) is 5.84 Å². The predicted molar refractivity (Wildman–Crippen MR) is 64.3 cm³/mol. The quantitative estimate of drug-likeness (QED) is 0.416. The van der Waals surface area contributed by atoms with Crippen LogP contribution in [0.3, 0.4) is 0 Å². The van der Waals surface area contributed by atoms with Crippen molar-refractivity contribution in [2.24, 2.45) is 5.84 Å². The SMILES string of the molecule is CC(C)=CC(NN)C1CSCCN1C. The van der Waals surface area contributed by atoms with Gasteiger partial charge in [0.05, 0.1) is 6.04 Å². The highest BCUT2D eigenvalue weighted by Crippen LogP contribution is 2.18. The Balaban J connectivity index is 2.62. The monoisotopic (exact) mass is 215 g/mol. The zero-order chi connectivity index (χ0) is 10.6. The molecule has 3 nitrogen and oxygen atoms in total. The van der Waals surface area contributed by atoms with Gasteiger partial charge in [-0.3, -0.25) is 16.2 Å². The van der Waals surface area contributed by atoms with E-state index in [1.54, 1.807) is 0 Å². The molecule has 14 heavy (non-hydrogen) atoms. The first-order valence-corrected chi connectivity index (χ1v) is 6.19. The average molecular weight is 215 g/mol.